The first-order valence-corrected chi connectivity index (χ1v) is 7.11. The van der Waals surface area contributed by atoms with E-state index in [9.17, 15) is 0 Å². The SMILES string of the molecule is CCc1cc(CCl)cc(Oc2ccccc2CC)n1. The highest BCUT2D eigenvalue weighted by Crippen LogP contribution is 2.25. The molecule has 2 rings (SSSR count). The molecule has 1 heterocycles. The highest BCUT2D eigenvalue weighted by atomic mass is 35.5. The molecule has 0 unspecified atom stereocenters. The van der Waals surface area contributed by atoms with Crippen molar-refractivity contribution >= 4 is 11.6 Å². The lowest BCUT2D eigenvalue weighted by molar-refractivity contribution is 0.455. The molecule has 1 aromatic carbocycles. The van der Waals surface area contributed by atoms with Gasteiger partial charge in [0.2, 0.25) is 5.88 Å². The maximum Gasteiger partial charge on any atom is 0.219 e. The summed E-state index contributed by atoms with van der Waals surface area (Å²) in [6.45, 7) is 4.19. The maximum atomic E-state index is 5.92. The van der Waals surface area contributed by atoms with Gasteiger partial charge in [-0.15, -0.1) is 11.6 Å². The third-order valence-corrected chi connectivity index (χ3v) is 3.31. The smallest absolute Gasteiger partial charge is 0.219 e. The highest BCUT2D eigenvalue weighted by Gasteiger charge is 2.06. The molecule has 19 heavy (non-hydrogen) atoms. The molecule has 100 valence electrons. The van der Waals surface area contributed by atoms with Crippen LogP contribution in [0.25, 0.3) is 0 Å². The molecule has 0 amide bonds. The summed E-state index contributed by atoms with van der Waals surface area (Å²) in [6.07, 6.45) is 1.81. The largest absolute Gasteiger partial charge is 0.439 e. The molecule has 0 atom stereocenters. The Bertz CT molecular complexity index is 532. The Hall–Kier alpha value is -1.54. The lowest BCUT2D eigenvalue weighted by Gasteiger charge is -2.11. The van der Waals surface area contributed by atoms with E-state index in [0.717, 1.165) is 29.8 Å². The topological polar surface area (TPSA) is 22.1 Å². The van der Waals surface area contributed by atoms with Crippen LogP contribution in [0.3, 0.4) is 0 Å². The average molecular weight is 276 g/mol. The van der Waals surface area contributed by atoms with Crippen molar-refractivity contribution in [3.8, 4) is 11.6 Å². The van der Waals surface area contributed by atoms with Crippen LogP contribution in [0, 0.1) is 0 Å². The van der Waals surface area contributed by atoms with E-state index in [1.165, 1.54) is 5.56 Å². The minimum atomic E-state index is 0.474. The van der Waals surface area contributed by atoms with Crippen molar-refractivity contribution in [2.24, 2.45) is 0 Å². The molecule has 2 aromatic rings. The molecular formula is C16H18ClNO. The summed E-state index contributed by atoms with van der Waals surface area (Å²) in [6, 6.07) is 12.0. The van der Waals surface area contributed by atoms with Crippen molar-refractivity contribution in [1.82, 2.24) is 4.98 Å². The van der Waals surface area contributed by atoms with Crippen LogP contribution in [0.1, 0.15) is 30.7 Å². The van der Waals surface area contributed by atoms with Crippen molar-refractivity contribution in [3.63, 3.8) is 0 Å². The van der Waals surface area contributed by atoms with E-state index < -0.39 is 0 Å². The van der Waals surface area contributed by atoms with Crippen LogP contribution in [-0.4, -0.2) is 4.98 Å². The third-order valence-electron chi connectivity index (χ3n) is 3.00. The van der Waals surface area contributed by atoms with Crippen LogP contribution in [0.4, 0.5) is 0 Å². The normalized spacial score (nSPS) is 10.5. The summed E-state index contributed by atoms with van der Waals surface area (Å²) in [7, 11) is 0. The molecule has 0 saturated carbocycles. The second-order valence-electron chi connectivity index (χ2n) is 4.36. The van der Waals surface area contributed by atoms with Crippen LogP contribution < -0.4 is 4.74 Å². The fourth-order valence-electron chi connectivity index (χ4n) is 1.94. The molecule has 0 radical (unpaired) electrons. The number of alkyl halides is 1. The zero-order valence-electron chi connectivity index (χ0n) is 11.3. The molecule has 0 aliphatic heterocycles. The van der Waals surface area contributed by atoms with E-state index in [2.05, 4.69) is 24.9 Å². The van der Waals surface area contributed by atoms with E-state index in [0.29, 0.717) is 11.8 Å². The molecule has 0 N–H and O–H groups in total. The minimum absolute atomic E-state index is 0.474. The second-order valence-corrected chi connectivity index (χ2v) is 4.62. The number of aryl methyl sites for hydroxylation is 2. The van der Waals surface area contributed by atoms with E-state index >= 15 is 0 Å². The van der Waals surface area contributed by atoms with Gasteiger partial charge in [0.1, 0.15) is 5.75 Å². The van der Waals surface area contributed by atoms with E-state index in [-0.39, 0.29) is 0 Å². The number of halogens is 1. The van der Waals surface area contributed by atoms with Crippen LogP contribution in [0.15, 0.2) is 36.4 Å². The Morgan fingerprint density at radius 1 is 1.11 bits per heavy atom. The fraction of sp³-hybridized carbons (Fsp3) is 0.312. The Kier molecular flexibility index (Phi) is 4.80. The fourth-order valence-corrected chi connectivity index (χ4v) is 2.09. The van der Waals surface area contributed by atoms with Crippen LogP contribution >= 0.6 is 11.6 Å². The molecular weight excluding hydrogens is 258 g/mol. The van der Waals surface area contributed by atoms with Crippen molar-refractivity contribution < 1.29 is 4.74 Å². The standard InChI is InChI=1S/C16H18ClNO/c1-3-13-7-5-6-8-15(13)19-16-10-12(11-17)9-14(4-2)18-16/h5-10H,3-4,11H2,1-2H3. The van der Waals surface area contributed by atoms with E-state index in [1.807, 2.05) is 30.3 Å². The highest BCUT2D eigenvalue weighted by molar-refractivity contribution is 6.17. The predicted octanol–water partition coefficient (Wildman–Crippen LogP) is 4.74. The number of pyridine rings is 1. The molecule has 0 fully saturated rings. The molecule has 0 aliphatic carbocycles. The molecule has 0 spiro atoms. The lowest BCUT2D eigenvalue weighted by Crippen LogP contribution is -1.96. The molecule has 1 aromatic heterocycles. The van der Waals surface area contributed by atoms with E-state index in [4.69, 9.17) is 16.3 Å². The number of hydrogen-bond donors (Lipinski definition) is 0. The number of aromatic nitrogens is 1. The van der Waals surface area contributed by atoms with Gasteiger partial charge in [-0.3, -0.25) is 0 Å². The molecule has 0 saturated heterocycles. The zero-order chi connectivity index (χ0) is 13.7. The van der Waals surface area contributed by atoms with Gasteiger partial charge in [0.25, 0.3) is 0 Å². The molecule has 0 bridgehead atoms. The third kappa shape index (κ3) is 3.48. The number of para-hydroxylation sites is 1. The van der Waals surface area contributed by atoms with Gasteiger partial charge in [0.05, 0.1) is 0 Å². The molecule has 2 nitrogen and oxygen atoms in total. The van der Waals surface area contributed by atoms with Crippen LogP contribution in [-0.2, 0) is 18.7 Å². The first-order valence-electron chi connectivity index (χ1n) is 6.58. The number of benzene rings is 1. The Morgan fingerprint density at radius 3 is 2.58 bits per heavy atom. The maximum absolute atomic E-state index is 5.92. The minimum Gasteiger partial charge on any atom is -0.439 e. The van der Waals surface area contributed by atoms with Gasteiger partial charge in [-0.2, -0.15) is 0 Å². The van der Waals surface area contributed by atoms with Gasteiger partial charge in [-0.25, -0.2) is 4.98 Å². The Labute approximate surface area is 119 Å². The molecule has 3 heteroatoms. The van der Waals surface area contributed by atoms with Gasteiger partial charge >= 0.3 is 0 Å². The predicted molar refractivity (Wildman–Crippen MR) is 79.1 cm³/mol. The van der Waals surface area contributed by atoms with Crippen molar-refractivity contribution in [2.45, 2.75) is 32.6 Å². The van der Waals surface area contributed by atoms with Gasteiger partial charge in [-0.05, 0) is 36.1 Å². The van der Waals surface area contributed by atoms with Crippen molar-refractivity contribution in [2.75, 3.05) is 0 Å². The molecule has 0 aliphatic rings. The number of nitrogens with zero attached hydrogens (tertiary/aromatic N) is 1. The summed E-state index contributed by atoms with van der Waals surface area (Å²) in [5.41, 5.74) is 3.22. The van der Waals surface area contributed by atoms with Gasteiger partial charge in [0.15, 0.2) is 0 Å². The number of ether oxygens (including phenoxy) is 1. The van der Waals surface area contributed by atoms with Gasteiger partial charge in [-0.1, -0.05) is 32.0 Å². The first kappa shape index (κ1) is 13.9. The summed E-state index contributed by atoms with van der Waals surface area (Å²) >= 11 is 5.91. The zero-order valence-corrected chi connectivity index (χ0v) is 12.1. The van der Waals surface area contributed by atoms with Crippen molar-refractivity contribution in [1.29, 1.82) is 0 Å². The summed E-state index contributed by atoms with van der Waals surface area (Å²) < 4.78 is 5.92. The monoisotopic (exact) mass is 275 g/mol. The lowest BCUT2D eigenvalue weighted by atomic mass is 10.1. The summed E-state index contributed by atoms with van der Waals surface area (Å²) in [5, 5.41) is 0. The Balaban J connectivity index is 2.32. The van der Waals surface area contributed by atoms with Gasteiger partial charge < -0.3 is 4.74 Å². The average Bonchev–Trinajstić information content (AvgIpc) is 2.47. The van der Waals surface area contributed by atoms with Crippen LogP contribution in [0.2, 0.25) is 0 Å². The van der Waals surface area contributed by atoms with E-state index in [1.54, 1.807) is 0 Å². The van der Waals surface area contributed by atoms with Gasteiger partial charge in [0, 0.05) is 17.6 Å². The van der Waals surface area contributed by atoms with Crippen LogP contribution in [0.5, 0.6) is 11.6 Å². The Morgan fingerprint density at radius 2 is 1.89 bits per heavy atom. The first-order chi connectivity index (χ1) is 9.26. The number of rotatable bonds is 5. The number of hydrogen-bond acceptors (Lipinski definition) is 2. The second kappa shape index (κ2) is 6.58. The quantitative estimate of drug-likeness (QED) is 0.736. The van der Waals surface area contributed by atoms with Crippen molar-refractivity contribution in [3.05, 3.63) is 53.2 Å². The summed E-state index contributed by atoms with van der Waals surface area (Å²) in [5.74, 6) is 1.96. The summed E-state index contributed by atoms with van der Waals surface area (Å²) in [4.78, 5) is 4.49.